The fourth-order valence-corrected chi connectivity index (χ4v) is 3.15. The first kappa shape index (κ1) is 18.3. The second kappa shape index (κ2) is 9.31. The number of sulfonamides is 1. The molecule has 0 aliphatic carbocycles. The van der Waals surface area contributed by atoms with Crippen molar-refractivity contribution in [1.29, 1.82) is 0 Å². The first-order chi connectivity index (χ1) is 10.0. The number of methoxy groups -OCH3 is 1. The van der Waals surface area contributed by atoms with E-state index in [2.05, 4.69) is 31.0 Å². The second-order valence-electron chi connectivity index (χ2n) is 4.03. The Morgan fingerprint density at radius 1 is 1.33 bits per heavy atom. The Labute approximate surface area is 133 Å². The number of hydrogen-bond donors (Lipinski definition) is 2. The molecule has 9 heteroatoms. The van der Waals surface area contributed by atoms with Crippen LogP contribution in [-0.2, 0) is 19.5 Å². The summed E-state index contributed by atoms with van der Waals surface area (Å²) < 4.78 is 37.7. The van der Waals surface area contributed by atoms with Gasteiger partial charge in [-0.15, -0.1) is 0 Å². The Kier molecular flexibility index (Phi) is 8.12. The standard InChI is InChI=1S/C12H20BrN3O4S/c1-3-14-12-11(8-10(13)9-15-12)21(17,18)16-4-5-20-7-6-19-2/h8-9,16H,3-7H2,1-2H3,(H,14,15). The summed E-state index contributed by atoms with van der Waals surface area (Å²) in [5.74, 6) is 0.327. The predicted octanol–water partition coefficient (Wildman–Crippen LogP) is 1.22. The number of ether oxygens (including phenoxy) is 2. The predicted molar refractivity (Wildman–Crippen MR) is 84.0 cm³/mol. The summed E-state index contributed by atoms with van der Waals surface area (Å²) in [5.41, 5.74) is 0. The van der Waals surface area contributed by atoms with Gasteiger partial charge < -0.3 is 14.8 Å². The minimum absolute atomic E-state index is 0.107. The molecular weight excluding hydrogens is 362 g/mol. The first-order valence-electron chi connectivity index (χ1n) is 6.47. The number of halogens is 1. The SMILES string of the molecule is CCNc1ncc(Br)cc1S(=O)(=O)NCCOCCOC. The molecule has 0 saturated heterocycles. The zero-order valence-corrected chi connectivity index (χ0v) is 14.5. The topological polar surface area (TPSA) is 89.6 Å². The van der Waals surface area contributed by atoms with Gasteiger partial charge in [0.25, 0.3) is 0 Å². The summed E-state index contributed by atoms with van der Waals surface area (Å²) in [4.78, 5) is 4.19. The van der Waals surface area contributed by atoms with Gasteiger partial charge in [0.2, 0.25) is 10.0 Å². The van der Waals surface area contributed by atoms with E-state index in [4.69, 9.17) is 9.47 Å². The van der Waals surface area contributed by atoms with Crippen LogP contribution in [0.15, 0.2) is 21.6 Å². The van der Waals surface area contributed by atoms with E-state index >= 15 is 0 Å². The third kappa shape index (κ3) is 6.27. The number of hydrogen-bond acceptors (Lipinski definition) is 6. The van der Waals surface area contributed by atoms with Crippen LogP contribution in [0.2, 0.25) is 0 Å². The van der Waals surface area contributed by atoms with E-state index in [1.54, 1.807) is 13.3 Å². The van der Waals surface area contributed by atoms with Gasteiger partial charge in [-0.05, 0) is 28.9 Å². The molecule has 21 heavy (non-hydrogen) atoms. The summed E-state index contributed by atoms with van der Waals surface area (Å²) >= 11 is 3.23. The molecule has 2 N–H and O–H groups in total. The van der Waals surface area contributed by atoms with E-state index < -0.39 is 10.0 Å². The summed E-state index contributed by atoms with van der Waals surface area (Å²) in [5, 5.41) is 2.93. The van der Waals surface area contributed by atoms with Crippen molar-refractivity contribution in [1.82, 2.24) is 9.71 Å². The van der Waals surface area contributed by atoms with Crippen LogP contribution in [-0.4, -0.2) is 53.4 Å². The van der Waals surface area contributed by atoms with Crippen molar-refractivity contribution in [2.24, 2.45) is 0 Å². The molecule has 0 saturated carbocycles. The van der Waals surface area contributed by atoms with Crippen molar-refractivity contribution in [3.05, 3.63) is 16.7 Å². The molecule has 0 atom stereocenters. The minimum Gasteiger partial charge on any atom is -0.382 e. The lowest BCUT2D eigenvalue weighted by Crippen LogP contribution is -2.28. The summed E-state index contributed by atoms with van der Waals surface area (Å²) in [7, 11) is -2.07. The van der Waals surface area contributed by atoms with Gasteiger partial charge in [-0.2, -0.15) is 0 Å². The smallest absolute Gasteiger partial charge is 0.244 e. The van der Waals surface area contributed by atoms with Crippen LogP contribution in [0, 0.1) is 0 Å². The highest BCUT2D eigenvalue weighted by atomic mass is 79.9. The molecule has 0 aliphatic heterocycles. The highest BCUT2D eigenvalue weighted by Crippen LogP contribution is 2.22. The number of nitrogens with zero attached hydrogens (tertiary/aromatic N) is 1. The molecule has 0 bridgehead atoms. The maximum Gasteiger partial charge on any atom is 0.244 e. The van der Waals surface area contributed by atoms with E-state index in [-0.39, 0.29) is 18.0 Å². The normalized spacial score (nSPS) is 11.6. The third-order valence-corrected chi connectivity index (χ3v) is 4.33. The van der Waals surface area contributed by atoms with Crippen molar-refractivity contribution in [3.8, 4) is 0 Å². The van der Waals surface area contributed by atoms with E-state index in [9.17, 15) is 8.42 Å². The Hall–Kier alpha value is -0.740. The molecule has 120 valence electrons. The number of pyridine rings is 1. The molecule has 0 aromatic carbocycles. The van der Waals surface area contributed by atoms with Crippen LogP contribution in [0.25, 0.3) is 0 Å². The summed E-state index contributed by atoms with van der Waals surface area (Å²) in [6.07, 6.45) is 1.55. The zero-order chi connectivity index (χ0) is 15.7. The van der Waals surface area contributed by atoms with Crippen LogP contribution in [0.1, 0.15) is 6.92 Å². The molecule has 1 aromatic rings. The van der Waals surface area contributed by atoms with E-state index in [0.29, 0.717) is 30.0 Å². The lowest BCUT2D eigenvalue weighted by atomic mass is 10.4. The van der Waals surface area contributed by atoms with Gasteiger partial charge >= 0.3 is 0 Å². The average Bonchev–Trinajstić information content (AvgIpc) is 2.45. The lowest BCUT2D eigenvalue weighted by molar-refractivity contribution is 0.0736. The van der Waals surface area contributed by atoms with Crippen LogP contribution in [0.5, 0.6) is 0 Å². The van der Waals surface area contributed by atoms with Gasteiger partial charge in [0.15, 0.2) is 0 Å². The minimum atomic E-state index is -3.64. The Morgan fingerprint density at radius 3 is 2.76 bits per heavy atom. The monoisotopic (exact) mass is 381 g/mol. The molecule has 0 spiro atoms. The van der Waals surface area contributed by atoms with Gasteiger partial charge in [0.1, 0.15) is 10.7 Å². The largest absolute Gasteiger partial charge is 0.382 e. The summed E-state index contributed by atoms with van der Waals surface area (Å²) in [6, 6.07) is 1.51. The van der Waals surface area contributed by atoms with Crippen LogP contribution >= 0.6 is 15.9 Å². The zero-order valence-electron chi connectivity index (χ0n) is 12.1. The summed E-state index contributed by atoms with van der Waals surface area (Å²) in [6.45, 7) is 3.82. The highest BCUT2D eigenvalue weighted by molar-refractivity contribution is 9.10. The Balaban J connectivity index is 2.67. The van der Waals surface area contributed by atoms with Crippen molar-refractivity contribution in [2.45, 2.75) is 11.8 Å². The van der Waals surface area contributed by atoms with Crippen LogP contribution in [0.4, 0.5) is 5.82 Å². The van der Waals surface area contributed by atoms with Crippen molar-refractivity contribution in [3.63, 3.8) is 0 Å². The Morgan fingerprint density at radius 2 is 2.10 bits per heavy atom. The van der Waals surface area contributed by atoms with Crippen molar-refractivity contribution in [2.75, 3.05) is 45.3 Å². The molecule has 0 aliphatic rings. The first-order valence-corrected chi connectivity index (χ1v) is 8.74. The van der Waals surface area contributed by atoms with E-state index in [1.165, 1.54) is 6.07 Å². The molecule has 1 rings (SSSR count). The Bertz CT molecular complexity index is 539. The highest BCUT2D eigenvalue weighted by Gasteiger charge is 2.19. The molecular formula is C12H20BrN3O4S. The molecule has 0 amide bonds. The van der Waals surface area contributed by atoms with Crippen molar-refractivity contribution < 1.29 is 17.9 Å². The number of anilines is 1. The lowest BCUT2D eigenvalue weighted by Gasteiger charge is -2.12. The maximum atomic E-state index is 12.3. The maximum absolute atomic E-state index is 12.3. The number of aromatic nitrogens is 1. The molecule has 1 aromatic heterocycles. The quantitative estimate of drug-likeness (QED) is 0.592. The molecule has 7 nitrogen and oxygen atoms in total. The van der Waals surface area contributed by atoms with Gasteiger partial charge in [-0.3, -0.25) is 0 Å². The van der Waals surface area contributed by atoms with Gasteiger partial charge in [-0.1, -0.05) is 0 Å². The molecule has 0 unspecified atom stereocenters. The average molecular weight is 382 g/mol. The van der Waals surface area contributed by atoms with Crippen molar-refractivity contribution >= 4 is 31.8 Å². The van der Waals surface area contributed by atoms with Gasteiger partial charge in [-0.25, -0.2) is 18.1 Å². The third-order valence-electron chi connectivity index (χ3n) is 2.42. The number of nitrogens with one attached hydrogen (secondary N) is 2. The number of rotatable bonds is 10. The van der Waals surface area contributed by atoms with E-state index in [0.717, 1.165) is 0 Å². The fourth-order valence-electron chi connectivity index (χ4n) is 1.50. The van der Waals surface area contributed by atoms with Gasteiger partial charge in [0.05, 0.1) is 19.8 Å². The molecule has 0 radical (unpaired) electrons. The van der Waals surface area contributed by atoms with Crippen LogP contribution < -0.4 is 10.0 Å². The fraction of sp³-hybridized carbons (Fsp3) is 0.583. The second-order valence-corrected chi connectivity index (χ2v) is 6.68. The van der Waals surface area contributed by atoms with Crippen LogP contribution in [0.3, 0.4) is 0 Å². The molecule has 1 heterocycles. The van der Waals surface area contributed by atoms with E-state index in [1.807, 2.05) is 6.92 Å². The van der Waals surface area contributed by atoms with Gasteiger partial charge in [0, 0.05) is 30.9 Å². The molecule has 0 fully saturated rings.